The van der Waals surface area contributed by atoms with Crippen molar-refractivity contribution in [2.75, 3.05) is 0 Å². The van der Waals surface area contributed by atoms with E-state index in [9.17, 15) is 5.11 Å². The normalized spacial score (nSPS) is 12.7. The molecule has 0 saturated carbocycles. The van der Waals surface area contributed by atoms with E-state index in [0.717, 1.165) is 20.6 Å². The van der Waals surface area contributed by atoms with Crippen molar-refractivity contribution in [3.8, 4) is 0 Å². The topological polar surface area (TPSA) is 20.2 Å². The number of hydrogen-bond donors (Lipinski definition) is 1. The quantitative estimate of drug-likeness (QED) is 0.887. The van der Waals surface area contributed by atoms with E-state index in [1.165, 1.54) is 11.1 Å². The van der Waals surface area contributed by atoms with Crippen molar-refractivity contribution in [3.63, 3.8) is 0 Å². The molecule has 0 aliphatic heterocycles. The summed E-state index contributed by atoms with van der Waals surface area (Å²) in [6.45, 7) is 4.16. The summed E-state index contributed by atoms with van der Waals surface area (Å²) in [4.78, 5) is 0.996. The van der Waals surface area contributed by atoms with Gasteiger partial charge in [-0.25, -0.2) is 0 Å². The van der Waals surface area contributed by atoms with Crippen molar-refractivity contribution in [3.05, 3.63) is 55.7 Å². The Kier molecular flexibility index (Phi) is 4.02. The maximum Gasteiger partial charge on any atom is 0.113 e. The fraction of sp³-hybridized carbons (Fsp3) is 0.286. The number of aryl methyl sites for hydroxylation is 2. The van der Waals surface area contributed by atoms with Gasteiger partial charge >= 0.3 is 0 Å². The zero-order chi connectivity index (χ0) is 12.4. The third-order valence-corrected chi connectivity index (χ3v) is 5.07. The van der Waals surface area contributed by atoms with Gasteiger partial charge in [-0.05, 0) is 52.0 Å². The molecule has 2 aromatic rings. The van der Waals surface area contributed by atoms with Gasteiger partial charge in [-0.1, -0.05) is 31.2 Å². The van der Waals surface area contributed by atoms with Crippen LogP contribution in [0.3, 0.4) is 0 Å². The van der Waals surface area contributed by atoms with Crippen LogP contribution in [0, 0.1) is 6.92 Å². The molecule has 1 nitrogen and oxygen atoms in total. The Balaban J connectivity index is 2.39. The summed E-state index contributed by atoms with van der Waals surface area (Å²) in [6.07, 6.45) is 0.430. The molecule has 1 N–H and O–H groups in total. The lowest BCUT2D eigenvalue weighted by Gasteiger charge is -2.13. The summed E-state index contributed by atoms with van der Waals surface area (Å²) in [5.41, 5.74) is 3.41. The molecule has 1 atom stereocenters. The largest absolute Gasteiger partial charge is 0.383 e. The summed E-state index contributed by atoms with van der Waals surface area (Å²) in [7, 11) is 0. The second-order valence-corrected chi connectivity index (χ2v) is 6.46. The smallest absolute Gasteiger partial charge is 0.113 e. The van der Waals surface area contributed by atoms with Crippen LogP contribution in [0.5, 0.6) is 0 Å². The molecule has 0 radical (unpaired) electrons. The number of thiophene rings is 1. The summed E-state index contributed by atoms with van der Waals surface area (Å²) >= 11 is 5.10. The third-order valence-electron chi connectivity index (χ3n) is 2.88. The molecular formula is C14H15BrOS. The molecule has 0 bridgehead atoms. The van der Waals surface area contributed by atoms with Crippen molar-refractivity contribution < 1.29 is 5.11 Å². The van der Waals surface area contributed by atoms with Gasteiger partial charge < -0.3 is 5.11 Å². The minimum absolute atomic E-state index is 0.513. The van der Waals surface area contributed by atoms with Gasteiger partial charge in [-0.15, -0.1) is 11.3 Å². The summed E-state index contributed by atoms with van der Waals surface area (Å²) in [5, 5.41) is 10.4. The molecule has 0 fully saturated rings. The maximum absolute atomic E-state index is 10.4. The van der Waals surface area contributed by atoms with Gasteiger partial charge in [0.15, 0.2) is 0 Å². The molecule has 0 saturated heterocycles. The molecule has 17 heavy (non-hydrogen) atoms. The number of aliphatic hydroxyl groups is 1. The van der Waals surface area contributed by atoms with Crippen LogP contribution in [0.15, 0.2) is 34.1 Å². The van der Waals surface area contributed by atoms with Crippen LogP contribution < -0.4 is 0 Å². The number of aliphatic hydroxyl groups excluding tert-OH is 1. The Morgan fingerprint density at radius 2 is 2.06 bits per heavy atom. The summed E-state index contributed by atoms with van der Waals surface area (Å²) < 4.78 is 1.10. The van der Waals surface area contributed by atoms with Crippen molar-refractivity contribution in [1.82, 2.24) is 0 Å². The fourth-order valence-corrected chi connectivity index (χ4v) is 3.47. The Labute approximate surface area is 114 Å². The zero-order valence-electron chi connectivity index (χ0n) is 9.90. The second kappa shape index (κ2) is 5.34. The maximum atomic E-state index is 10.4. The van der Waals surface area contributed by atoms with Gasteiger partial charge in [0.2, 0.25) is 0 Å². The third kappa shape index (κ3) is 2.62. The van der Waals surface area contributed by atoms with Crippen LogP contribution >= 0.6 is 27.3 Å². The van der Waals surface area contributed by atoms with E-state index < -0.39 is 6.10 Å². The highest BCUT2D eigenvalue weighted by atomic mass is 79.9. The first-order chi connectivity index (χ1) is 8.13. The van der Waals surface area contributed by atoms with Crippen molar-refractivity contribution in [2.24, 2.45) is 0 Å². The Morgan fingerprint density at radius 1 is 1.35 bits per heavy atom. The average Bonchev–Trinajstić information content (AvgIpc) is 2.68. The first-order valence-electron chi connectivity index (χ1n) is 5.65. The monoisotopic (exact) mass is 310 g/mol. The lowest BCUT2D eigenvalue weighted by atomic mass is 9.99. The minimum atomic E-state index is -0.513. The molecule has 0 aliphatic carbocycles. The van der Waals surface area contributed by atoms with Crippen LogP contribution in [-0.2, 0) is 6.42 Å². The molecule has 0 aliphatic rings. The van der Waals surface area contributed by atoms with Crippen molar-refractivity contribution >= 4 is 27.3 Å². The zero-order valence-corrected chi connectivity index (χ0v) is 12.3. The molecule has 0 amide bonds. The molecular weight excluding hydrogens is 296 g/mol. The summed E-state index contributed by atoms with van der Waals surface area (Å²) in [5.74, 6) is 0. The molecule has 90 valence electrons. The second-order valence-electron chi connectivity index (χ2n) is 4.06. The highest BCUT2D eigenvalue weighted by Gasteiger charge is 2.16. The predicted octanol–water partition coefficient (Wildman–Crippen LogP) is 4.46. The molecule has 3 heteroatoms. The number of hydrogen-bond acceptors (Lipinski definition) is 2. The molecule has 2 rings (SSSR count). The van der Waals surface area contributed by atoms with Crippen LogP contribution in [0.2, 0.25) is 0 Å². The predicted molar refractivity (Wildman–Crippen MR) is 76.6 cm³/mol. The van der Waals surface area contributed by atoms with Crippen molar-refractivity contribution in [1.29, 1.82) is 0 Å². The van der Waals surface area contributed by atoms with E-state index in [2.05, 4.69) is 28.9 Å². The standard InChI is InChI=1S/C14H15BrOS/c1-3-10-6-4-5-7-11(10)13(16)12-8-9(2)14(15)17-12/h4-8,13,16H,3H2,1-2H3. The lowest BCUT2D eigenvalue weighted by Crippen LogP contribution is -2.01. The Morgan fingerprint density at radius 3 is 2.65 bits per heavy atom. The van der Waals surface area contributed by atoms with Crippen LogP contribution in [0.4, 0.5) is 0 Å². The van der Waals surface area contributed by atoms with Crippen LogP contribution in [-0.4, -0.2) is 5.11 Å². The van der Waals surface area contributed by atoms with E-state index in [1.54, 1.807) is 11.3 Å². The highest BCUT2D eigenvalue weighted by molar-refractivity contribution is 9.11. The van der Waals surface area contributed by atoms with Crippen LogP contribution in [0.1, 0.15) is 34.6 Å². The van der Waals surface area contributed by atoms with Gasteiger partial charge in [-0.3, -0.25) is 0 Å². The van der Waals surface area contributed by atoms with E-state index >= 15 is 0 Å². The SMILES string of the molecule is CCc1ccccc1C(O)c1cc(C)c(Br)s1. The molecule has 1 aromatic carbocycles. The Bertz CT molecular complexity index is 499. The minimum Gasteiger partial charge on any atom is -0.383 e. The molecule has 1 unspecified atom stereocenters. The first-order valence-corrected chi connectivity index (χ1v) is 7.26. The molecule has 0 spiro atoms. The number of rotatable bonds is 3. The van der Waals surface area contributed by atoms with Crippen molar-refractivity contribution in [2.45, 2.75) is 26.4 Å². The van der Waals surface area contributed by atoms with Gasteiger partial charge in [0, 0.05) is 4.88 Å². The van der Waals surface area contributed by atoms with Gasteiger partial charge in [0.05, 0.1) is 3.79 Å². The van der Waals surface area contributed by atoms with E-state index in [0.29, 0.717) is 0 Å². The number of benzene rings is 1. The van der Waals surface area contributed by atoms with Gasteiger partial charge in [0.1, 0.15) is 6.10 Å². The van der Waals surface area contributed by atoms with E-state index in [1.807, 2.05) is 31.2 Å². The van der Waals surface area contributed by atoms with Gasteiger partial charge in [0.25, 0.3) is 0 Å². The van der Waals surface area contributed by atoms with E-state index in [4.69, 9.17) is 0 Å². The van der Waals surface area contributed by atoms with E-state index in [-0.39, 0.29) is 0 Å². The number of halogens is 1. The average molecular weight is 311 g/mol. The Hall–Kier alpha value is -0.640. The highest BCUT2D eigenvalue weighted by Crippen LogP contribution is 2.35. The summed E-state index contributed by atoms with van der Waals surface area (Å²) in [6, 6.07) is 10.1. The van der Waals surface area contributed by atoms with Gasteiger partial charge in [-0.2, -0.15) is 0 Å². The molecule has 1 aromatic heterocycles. The first kappa shape index (κ1) is 12.8. The lowest BCUT2D eigenvalue weighted by molar-refractivity contribution is 0.223. The molecule has 1 heterocycles. The van der Waals surface area contributed by atoms with Crippen LogP contribution in [0.25, 0.3) is 0 Å². The fourth-order valence-electron chi connectivity index (χ4n) is 1.89.